The number of rotatable bonds is 4. The van der Waals surface area contributed by atoms with E-state index in [1.165, 1.54) is 10.1 Å². The molecule has 0 amide bonds. The molecule has 3 aromatic rings. The van der Waals surface area contributed by atoms with Crippen LogP contribution in [0.25, 0.3) is 5.69 Å². The molecule has 28 heavy (non-hydrogen) atoms. The van der Waals surface area contributed by atoms with Crippen LogP contribution in [0.3, 0.4) is 0 Å². The van der Waals surface area contributed by atoms with Crippen molar-refractivity contribution < 1.29 is 9.84 Å². The van der Waals surface area contributed by atoms with Crippen molar-refractivity contribution in [2.75, 3.05) is 13.2 Å². The van der Waals surface area contributed by atoms with Crippen LogP contribution in [0.4, 0.5) is 0 Å². The SMILES string of the molecule is CCOc1ccc(-n2c(O)c(C3NCCc4ccccc43)c(=O)[nH]c2=S)cc1. The van der Waals surface area contributed by atoms with Gasteiger partial charge in [-0.1, -0.05) is 24.3 Å². The summed E-state index contributed by atoms with van der Waals surface area (Å²) in [6.45, 7) is 3.21. The first-order chi connectivity index (χ1) is 13.6. The fraction of sp³-hybridized carbons (Fsp3) is 0.238. The highest BCUT2D eigenvalue weighted by atomic mass is 32.1. The van der Waals surface area contributed by atoms with E-state index in [4.69, 9.17) is 17.0 Å². The minimum absolute atomic E-state index is 0.138. The zero-order chi connectivity index (χ0) is 19.7. The van der Waals surface area contributed by atoms with Crippen molar-refractivity contribution >= 4 is 12.2 Å². The van der Waals surface area contributed by atoms with Crippen LogP contribution in [-0.2, 0) is 6.42 Å². The van der Waals surface area contributed by atoms with E-state index in [1.54, 1.807) is 24.3 Å². The molecule has 7 heteroatoms. The third-order valence-electron chi connectivity index (χ3n) is 4.92. The van der Waals surface area contributed by atoms with Crippen molar-refractivity contribution in [2.45, 2.75) is 19.4 Å². The number of H-pyrrole nitrogens is 1. The van der Waals surface area contributed by atoms with Crippen molar-refractivity contribution in [2.24, 2.45) is 0 Å². The number of nitrogens with zero attached hydrogens (tertiary/aromatic N) is 1. The molecular weight excluding hydrogens is 374 g/mol. The second kappa shape index (κ2) is 7.61. The Kier molecular flexibility index (Phi) is 5.02. The minimum atomic E-state index is -0.404. The van der Waals surface area contributed by atoms with Crippen molar-refractivity contribution in [1.82, 2.24) is 14.9 Å². The second-order valence-electron chi connectivity index (χ2n) is 6.59. The first-order valence-corrected chi connectivity index (χ1v) is 9.63. The number of aromatic hydroxyl groups is 1. The van der Waals surface area contributed by atoms with Crippen LogP contribution in [0.15, 0.2) is 53.3 Å². The predicted octanol–water partition coefficient (Wildman–Crippen LogP) is 3.23. The Bertz CT molecular complexity index is 1120. The number of fused-ring (bicyclic) bond motifs is 1. The van der Waals surface area contributed by atoms with E-state index in [0.29, 0.717) is 12.3 Å². The Hall–Kier alpha value is -2.90. The van der Waals surface area contributed by atoms with Crippen LogP contribution >= 0.6 is 12.2 Å². The Balaban J connectivity index is 1.86. The van der Waals surface area contributed by atoms with Crippen LogP contribution in [0, 0.1) is 4.77 Å². The highest BCUT2D eigenvalue weighted by Gasteiger charge is 2.28. The number of ether oxygens (including phenoxy) is 1. The molecule has 2 aromatic carbocycles. The lowest BCUT2D eigenvalue weighted by atomic mass is 9.90. The highest BCUT2D eigenvalue weighted by molar-refractivity contribution is 7.71. The molecule has 6 nitrogen and oxygen atoms in total. The van der Waals surface area contributed by atoms with Gasteiger partial charge < -0.3 is 15.2 Å². The molecule has 144 valence electrons. The van der Waals surface area contributed by atoms with Gasteiger partial charge in [-0.05, 0) is 61.0 Å². The van der Waals surface area contributed by atoms with E-state index in [-0.39, 0.29) is 21.8 Å². The van der Waals surface area contributed by atoms with E-state index in [9.17, 15) is 9.90 Å². The number of hydrogen-bond donors (Lipinski definition) is 3. The summed E-state index contributed by atoms with van der Waals surface area (Å²) in [5, 5.41) is 14.4. The number of aromatic amines is 1. The second-order valence-corrected chi connectivity index (χ2v) is 6.98. The molecule has 0 fully saturated rings. The minimum Gasteiger partial charge on any atom is -0.494 e. The molecular formula is C21H21N3O3S. The van der Waals surface area contributed by atoms with Gasteiger partial charge in [0.2, 0.25) is 5.88 Å². The maximum absolute atomic E-state index is 12.7. The van der Waals surface area contributed by atoms with Crippen molar-refractivity contribution in [1.29, 1.82) is 0 Å². The third kappa shape index (κ3) is 3.23. The molecule has 1 unspecified atom stereocenters. The molecule has 1 aliphatic heterocycles. The first kappa shape index (κ1) is 18.5. The number of benzene rings is 2. The van der Waals surface area contributed by atoms with Gasteiger partial charge in [-0.2, -0.15) is 0 Å². The normalized spacial score (nSPS) is 15.8. The van der Waals surface area contributed by atoms with Crippen molar-refractivity contribution in [3.05, 3.63) is 80.3 Å². The summed E-state index contributed by atoms with van der Waals surface area (Å²) in [4.78, 5) is 15.4. The molecule has 0 aliphatic carbocycles. The van der Waals surface area contributed by atoms with Crippen molar-refractivity contribution in [3.63, 3.8) is 0 Å². The van der Waals surface area contributed by atoms with Crippen LogP contribution in [0.2, 0.25) is 0 Å². The summed E-state index contributed by atoms with van der Waals surface area (Å²) < 4.78 is 7.08. The van der Waals surface area contributed by atoms with Gasteiger partial charge in [-0.25, -0.2) is 0 Å². The summed E-state index contributed by atoms with van der Waals surface area (Å²) in [5.74, 6) is 0.567. The topological polar surface area (TPSA) is 79.3 Å². The average Bonchev–Trinajstić information content (AvgIpc) is 2.69. The Morgan fingerprint density at radius 3 is 2.71 bits per heavy atom. The van der Waals surface area contributed by atoms with Crippen LogP contribution < -0.4 is 15.6 Å². The van der Waals surface area contributed by atoms with Crippen LogP contribution in [0.1, 0.15) is 29.7 Å². The molecule has 0 saturated heterocycles. The standard InChI is InChI=1S/C21H21N3O3S/c1-2-27-15-9-7-14(8-10-15)24-20(26)17(19(25)23-21(24)28)18-16-6-4-3-5-13(16)11-12-22-18/h3-10,18,22,26H,2,11-12H2,1H3,(H,23,25,28). The molecule has 0 saturated carbocycles. The monoisotopic (exact) mass is 395 g/mol. The number of nitrogens with one attached hydrogen (secondary N) is 2. The number of aromatic nitrogens is 2. The van der Waals surface area contributed by atoms with E-state index in [2.05, 4.69) is 16.4 Å². The maximum Gasteiger partial charge on any atom is 0.260 e. The quantitative estimate of drug-likeness (QED) is 0.591. The van der Waals surface area contributed by atoms with Gasteiger partial charge in [0.05, 0.1) is 23.9 Å². The largest absolute Gasteiger partial charge is 0.494 e. The smallest absolute Gasteiger partial charge is 0.260 e. The van der Waals surface area contributed by atoms with Gasteiger partial charge in [0.15, 0.2) is 4.77 Å². The van der Waals surface area contributed by atoms with Gasteiger partial charge in [-0.15, -0.1) is 0 Å². The fourth-order valence-corrected chi connectivity index (χ4v) is 3.94. The first-order valence-electron chi connectivity index (χ1n) is 9.22. The molecule has 0 bridgehead atoms. The molecule has 3 N–H and O–H groups in total. The molecule has 0 spiro atoms. The molecule has 1 aliphatic rings. The summed E-state index contributed by atoms with van der Waals surface area (Å²) in [6, 6.07) is 14.8. The van der Waals surface area contributed by atoms with E-state index >= 15 is 0 Å². The molecule has 2 heterocycles. The molecule has 1 aromatic heterocycles. The summed E-state index contributed by atoms with van der Waals surface area (Å²) in [5.41, 5.74) is 2.67. The summed E-state index contributed by atoms with van der Waals surface area (Å²) >= 11 is 5.33. The Labute approximate surface area is 167 Å². The molecule has 1 atom stereocenters. The van der Waals surface area contributed by atoms with Gasteiger partial charge in [0.1, 0.15) is 5.75 Å². The summed E-state index contributed by atoms with van der Waals surface area (Å²) in [7, 11) is 0. The zero-order valence-corrected chi connectivity index (χ0v) is 16.3. The zero-order valence-electron chi connectivity index (χ0n) is 15.4. The molecule has 0 radical (unpaired) electrons. The highest BCUT2D eigenvalue weighted by Crippen LogP contribution is 2.32. The van der Waals surface area contributed by atoms with Gasteiger partial charge in [-0.3, -0.25) is 14.3 Å². The van der Waals surface area contributed by atoms with Crippen LogP contribution in [0.5, 0.6) is 11.6 Å². The lowest BCUT2D eigenvalue weighted by molar-refractivity contribution is 0.340. The van der Waals surface area contributed by atoms with Gasteiger partial charge >= 0.3 is 0 Å². The average molecular weight is 395 g/mol. The van der Waals surface area contributed by atoms with E-state index in [1.807, 2.05) is 25.1 Å². The lowest BCUT2D eigenvalue weighted by Crippen LogP contribution is -2.35. The van der Waals surface area contributed by atoms with E-state index < -0.39 is 6.04 Å². The lowest BCUT2D eigenvalue weighted by Gasteiger charge is -2.27. The van der Waals surface area contributed by atoms with Crippen molar-refractivity contribution in [3.8, 4) is 17.3 Å². The van der Waals surface area contributed by atoms with Gasteiger partial charge in [0, 0.05) is 6.54 Å². The Morgan fingerprint density at radius 1 is 1.21 bits per heavy atom. The maximum atomic E-state index is 12.7. The van der Waals surface area contributed by atoms with Crippen LogP contribution in [-0.4, -0.2) is 27.8 Å². The summed E-state index contributed by atoms with van der Waals surface area (Å²) in [6.07, 6.45) is 0.878. The fourth-order valence-electron chi connectivity index (χ4n) is 3.66. The molecule has 4 rings (SSSR count). The van der Waals surface area contributed by atoms with Gasteiger partial charge in [0.25, 0.3) is 5.56 Å². The van der Waals surface area contributed by atoms with E-state index in [0.717, 1.165) is 24.3 Å². The Morgan fingerprint density at radius 2 is 1.96 bits per heavy atom. The number of hydrogen-bond acceptors (Lipinski definition) is 5. The predicted molar refractivity (Wildman–Crippen MR) is 110 cm³/mol. The third-order valence-corrected chi connectivity index (χ3v) is 5.21.